The molecule has 1 fully saturated rings. The molecular formula is C24H22F3N3O3. The van der Waals surface area contributed by atoms with Crippen LogP contribution in [0, 0.1) is 0 Å². The van der Waals surface area contributed by atoms with E-state index in [1.807, 2.05) is 42.2 Å². The summed E-state index contributed by atoms with van der Waals surface area (Å²) in [4.78, 5) is 14.8. The van der Waals surface area contributed by atoms with Crippen LogP contribution in [0.2, 0.25) is 0 Å². The molecule has 1 aromatic heterocycles. The maximum Gasteiger partial charge on any atom is 0.416 e. The number of hydrogen-bond acceptors (Lipinski definition) is 4. The lowest BCUT2D eigenvalue weighted by molar-refractivity contribution is -0.137. The highest BCUT2D eigenvalue weighted by Gasteiger charge is 2.46. The Morgan fingerprint density at radius 2 is 1.88 bits per heavy atom. The SMILES string of the molecule is COc1cc(C(F)(F)F)ccc1C(=O)N1CCC2(CC1)Oc1ccccc1-c1c2cnn1C. The first-order chi connectivity index (χ1) is 15.7. The van der Waals surface area contributed by atoms with Crippen molar-refractivity contribution in [1.82, 2.24) is 14.7 Å². The second-order valence-electron chi connectivity index (χ2n) is 8.33. The van der Waals surface area contributed by atoms with Gasteiger partial charge in [-0.05, 0) is 30.3 Å². The number of para-hydroxylation sites is 1. The fraction of sp³-hybridized carbons (Fsp3) is 0.333. The number of hydrogen-bond donors (Lipinski definition) is 0. The topological polar surface area (TPSA) is 56.6 Å². The molecule has 2 aliphatic heterocycles. The Balaban J connectivity index is 1.40. The number of carbonyl (C=O) groups excluding carboxylic acids is 1. The van der Waals surface area contributed by atoms with Gasteiger partial charge in [0.1, 0.15) is 17.1 Å². The Bertz CT molecular complexity index is 1230. The second-order valence-corrected chi connectivity index (χ2v) is 8.33. The van der Waals surface area contributed by atoms with E-state index < -0.39 is 17.3 Å². The Kier molecular flexibility index (Phi) is 4.88. The van der Waals surface area contributed by atoms with E-state index >= 15 is 0 Å². The first kappa shape index (κ1) is 21.4. The number of likely N-dealkylation sites (tertiary alicyclic amines) is 1. The van der Waals surface area contributed by atoms with Crippen molar-refractivity contribution in [3.63, 3.8) is 0 Å². The van der Waals surface area contributed by atoms with Gasteiger partial charge in [-0.3, -0.25) is 9.48 Å². The molecule has 0 radical (unpaired) electrons. The highest BCUT2D eigenvalue weighted by Crippen LogP contribution is 2.49. The van der Waals surface area contributed by atoms with Gasteiger partial charge in [-0.2, -0.15) is 18.3 Å². The predicted octanol–water partition coefficient (Wildman–Crippen LogP) is 4.64. The van der Waals surface area contributed by atoms with Gasteiger partial charge >= 0.3 is 6.18 Å². The van der Waals surface area contributed by atoms with Gasteiger partial charge in [-0.25, -0.2) is 0 Å². The number of amides is 1. The highest BCUT2D eigenvalue weighted by molar-refractivity contribution is 5.97. The normalized spacial score (nSPS) is 16.7. The summed E-state index contributed by atoms with van der Waals surface area (Å²) >= 11 is 0. The average molecular weight is 457 g/mol. The molecule has 6 nitrogen and oxygen atoms in total. The summed E-state index contributed by atoms with van der Waals surface area (Å²) in [6, 6.07) is 10.8. The Morgan fingerprint density at radius 3 is 2.58 bits per heavy atom. The molecule has 3 aromatic rings. The van der Waals surface area contributed by atoms with Crippen molar-refractivity contribution in [2.24, 2.45) is 7.05 Å². The van der Waals surface area contributed by atoms with Crippen LogP contribution in [0.15, 0.2) is 48.7 Å². The van der Waals surface area contributed by atoms with Gasteiger partial charge in [-0.1, -0.05) is 12.1 Å². The van der Waals surface area contributed by atoms with Crippen molar-refractivity contribution >= 4 is 5.91 Å². The standard InChI is InChI=1S/C24H22F3N3O3/c1-29-21-16-5-3-4-6-19(16)33-23(18(21)14-28-29)9-11-30(12-10-23)22(31)17-8-7-15(24(25,26)27)13-20(17)32-2/h3-8,13-14H,9-12H2,1-2H3. The van der Waals surface area contributed by atoms with Gasteiger partial charge in [0.2, 0.25) is 0 Å². The molecule has 2 aliphatic rings. The molecule has 1 amide bonds. The number of carbonyl (C=O) groups is 1. The van der Waals surface area contributed by atoms with Crippen LogP contribution in [0.5, 0.6) is 11.5 Å². The predicted molar refractivity (Wildman–Crippen MR) is 114 cm³/mol. The van der Waals surface area contributed by atoms with Gasteiger partial charge in [0, 0.05) is 44.1 Å². The first-order valence-corrected chi connectivity index (χ1v) is 10.6. The minimum Gasteiger partial charge on any atom is -0.496 e. The fourth-order valence-electron chi connectivity index (χ4n) is 4.76. The first-order valence-electron chi connectivity index (χ1n) is 10.6. The number of ether oxygens (including phenoxy) is 2. The molecule has 33 heavy (non-hydrogen) atoms. The molecule has 0 N–H and O–H groups in total. The van der Waals surface area contributed by atoms with E-state index in [2.05, 4.69) is 5.10 Å². The number of fused-ring (bicyclic) bond motifs is 4. The van der Waals surface area contributed by atoms with Crippen molar-refractivity contribution in [3.8, 4) is 22.8 Å². The third kappa shape index (κ3) is 3.42. The number of aryl methyl sites for hydroxylation is 1. The number of nitrogens with zero attached hydrogens (tertiary/aromatic N) is 3. The summed E-state index contributed by atoms with van der Waals surface area (Å²) in [5.41, 5.74) is 1.61. The lowest BCUT2D eigenvalue weighted by Crippen LogP contribution is -2.49. The number of methoxy groups -OCH3 is 1. The van der Waals surface area contributed by atoms with Gasteiger partial charge in [0.25, 0.3) is 5.91 Å². The van der Waals surface area contributed by atoms with Crippen molar-refractivity contribution in [2.75, 3.05) is 20.2 Å². The largest absolute Gasteiger partial charge is 0.496 e. The summed E-state index contributed by atoms with van der Waals surface area (Å²) in [7, 11) is 3.15. The van der Waals surface area contributed by atoms with E-state index in [1.165, 1.54) is 13.2 Å². The quantitative estimate of drug-likeness (QED) is 0.563. The average Bonchev–Trinajstić information content (AvgIpc) is 3.21. The maximum atomic E-state index is 13.2. The van der Waals surface area contributed by atoms with Crippen LogP contribution in [-0.4, -0.2) is 40.8 Å². The van der Waals surface area contributed by atoms with E-state index in [0.717, 1.165) is 34.7 Å². The van der Waals surface area contributed by atoms with E-state index in [4.69, 9.17) is 9.47 Å². The Hall–Kier alpha value is -3.49. The van der Waals surface area contributed by atoms with Crippen molar-refractivity contribution < 1.29 is 27.4 Å². The van der Waals surface area contributed by atoms with Crippen LogP contribution in [-0.2, 0) is 18.8 Å². The zero-order valence-corrected chi connectivity index (χ0v) is 18.1. The molecule has 5 rings (SSSR count). The van der Waals surface area contributed by atoms with E-state index in [0.29, 0.717) is 25.9 Å². The van der Waals surface area contributed by atoms with Gasteiger partial charge in [-0.15, -0.1) is 0 Å². The minimum atomic E-state index is -4.51. The lowest BCUT2D eigenvalue weighted by Gasteiger charge is -2.44. The number of alkyl halides is 3. The van der Waals surface area contributed by atoms with Crippen molar-refractivity contribution in [3.05, 3.63) is 65.4 Å². The van der Waals surface area contributed by atoms with E-state index in [-0.39, 0.29) is 17.2 Å². The molecule has 0 unspecified atom stereocenters. The zero-order chi connectivity index (χ0) is 23.4. The van der Waals surface area contributed by atoms with Crippen LogP contribution >= 0.6 is 0 Å². The zero-order valence-electron chi connectivity index (χ0n) is 18.1. The summed E-state index contributed by atoms with van der Waals surface area (Å²) in [5.74, 6) is 0.323. The molecule has 2 aromatic carbocycles. The van der Waals surface area contributed by atoms with E-state index in [9.17, 15) is 18.0 Å². The summed E-state index contributed by atoms with van der Waals surface area (Å²) in [6.45, 7) is 0.777. The molecular weight excluding hydrogens is 435 g/mol. The van der Waals surface area contributed by atoms with Gasteiger partial charge < -0.3 is 14.4 Å². The third-order valence-electron chi connectivity index (χ3n) is 6.49. The molecule has 9 heteroatoms. The molecule has 0 aliphatic carbocycles. The van der Waals surface area contributed by atoms with Crippen LogP contribution in [0.25, 0.3) is 11.3 Å². The van der Waals surface area contributed by atoms with Crippen molar-refractivity contribution in [2.45, 2.75) is 24.6 Å². The number of halogens is 3. The van der Waals surface area contributed by atoms with Gasteiger partial charge in [0.15, 0.2) is 0 Å². The molecule has 172 valence electrons. The second kappa shape index (κ2) is 7.54. The van der Waals surface area contributed by atoms with Crippen LogP contribution in [0.1, 0.15) is 34.3 Å². The lowest BCUT2D eigenvalue weighted by atomic mass is 9.81. The van der Waals surface area contributed by atoms with Crippen molar-refractivity contribution in [1.29, 1.82) is 0 Å². The molecule has 0 atom stereocenters. The summed E-state index contributed by atoms with van der Waals surface area (Å²) in [5, 5.41) is 4.45. The van der Waals surface area contributed by atoms with Crippen LogP contribution in [0.3, 0.4) is 0 Å². The fourth-order valence-corrected chi connectivity index (χ4v) is 4.76. The maximum absolute atomic E-state index is 13.2. The smallest absolute Gasteiger partial charge is 0.416 e. The number of piperidine rings is 1. The Labute approximate surface area is 188 Å². The van der Waals surface area contributed by atoms with Crippen LogP contribution < -0.4 is 9.47 Å². The highest BCUT2D eigenvalue weighted by atomic mass is 19.4. The number of aromatic nitrogens is 2. The number of rotatable bonds is 2. The molecule has 3 heterocycles. The molecule has 1 saturated heterocycles. The molecule has 0 saturated carbocycles. The van der Waals surface area contributed by atoms with Crippen LogP contribution in [0.4, 0.5) is 13.2 Å². The number of benzene rings is 2. The Morgan fingerprint density at radius 1 is 1.15 bits per heavy atom. The minimum absolute atomic E-state index is 0.0903. The summed E-state index contributed by atoms with van der Waals surface area (Å²) in [6.07, 6.45) is -1.62. The van der Waals surface area contributed by atoms with E-state index in [1.54, 1.807) is 4.90 Å². The molecule has 1 spiro atoms. The molecule has 0 bridgehead atoms. The van der Waals surface area contributed by atoms with Gasteiger partial charge in [0.05, 0.1) is 30.1 Å². The summed E-state index contributed by atoms with van der Waals surface area (Å²) < 4.78 is 52.6. The monoisotopic (exact) mass is 457 g/mol. The third-order valence-corrected chi connectivity index (χ3v) is 6.49.